The molecule has 1 N–H and O–H groups in total. The number of halogens is 1. The topological polar surface area (TPSA) is 58.6 Å². The minimum absolute atomic E-state index is 0.0550. The zero-order valence-electron chi connectivity index (χ0n) is 12.6. The number of aromatic amines is 1. The van der Waals surface area contributed by atoms with Crippen molar-refractivity contribution in [1.82, 2.24) is 15.0 Å². The van der Waals surface area contributed by atoms with Gasteiger partial charge in [0.1, 0.15) is 5.52 Å². The van der Waals surface area contributed by atoms with Crippen LogP contribution in [0.5, 0.6) is 0 Å². The Morgan fingerprint density at radius 3 is 2.73 bits per heavy atom. The number of fused-ring (bicyclic) bond motifs is 1. The maximum atomic E-state index is 12.5. The molecule has 0 aliphatic carbocycles. The number of Topliss-reactive ketones (excluding diaryl/α,β-unsaturated/α-hetero) is 1. The van der Waals surface area contributed by atoms with Crippen molar-refractivity contribution in [3.63, 3.8) is 0 Å². The first-order valence-electron chi connectivity index (χ1n) is 7.01. The third-order valence-electron chi connectivity index (χ3n) is 3.43. The highest BCUT2D eigenvalue weighted by molar-refractivity contribution is 9.10. The fraction of sp³-hybridized carbons (Fsp3) is 0.235. The summed E-state index contributed by atoms with van der Waals surface area (Å²) in [7, 11) is 0. The molecule has 1 aromatic carbocycles. The van der Waals surface area contributed by atoms with Crippen molar-refractivity contribution in [2.45, 2.75) is 20.8 Å². The Bertz CT molecular complexity index is 862. The number of aromatic nitrogens is 3. The van der Waals surface area contributed by atoms with E-state index in [4.69, 9.17) is 0 Å². The summed E-state index contributed by atoms with van der Waals surface area (Å²) in [5.41, 5.74) is 3.09. The Hall–Kier alpha value is -2.01. The number of hydrogen-bond acceptors (Lipinski definition) is 3. The maximum Gasteiger partial charge on any atom is 0.171 e. The van der Waals surface area contributed by atoms with Crippen LogP contribution in [0, 0.1) is 5.41 Å². The average molecular weight is 358 g/mol. The largest absolute Gasteiger partial charge is 0.344 e. The maximum absolute atomic E-state index is 12.5. The van der Waals surface area contributed by atoms with E-state index in [0.717, 1.165) is 15.7 Å². The number of nitrogens with zero attached hydrogens (tertiary/aromatic N) is 2. The lowest BCUT2D eigenvalue weighted by molar-refractivity contribution is 0.0860. The molecule has 0 saturated heterocycles. The van der Waals surface area contributed by atoms with E-state index in [-0.39, 0.29) is 5.78 Å². The third-order valence-corrected chi connectivity index (χ3v) is 3.92. The number of nitrogens with one attached hydrogen (secondary N) is 1. The molecule has 4 nitrogen and oxygen atoms in total. The van der Waals surface area contributed by atoms with Gasteiger partial charge >= 0.3 is 0 Å². The molecule has 0 bridgehead atoms. The van der Waals surface area contributed by atoms with Crippen molar-refractivity contribution in [3.8, 4) is 11.3 Å². The van der Waals surface area contributed by atoms with Crippen LogP contribution in [-0.4, -0.2) is 20.7 Å². The normalized spacial score (nSPS) is 11.8. The van der Waals surface area contributed by atoms with Gasteiger partial charge in [0.2, 0.25) is 0 Å². The quantitative estimate of drug-likeness (QED) is 0.681. The van der Waals surface area contributed by atoms with Crippen LogP contribution in [0.3, 0.4) is 0 Å². The molecule has 5 heteroatoms. The molecule has 3 rings (SSSR count). The standard InChI is InChI=1S/C17H16BrN3O/c1-17(2,3)15(22)12-8-19-16-14(12)21-13(9-20-16)10-5-4-6-11(18)7-10/h4-9H,1-3H3,(H,19,20). The van der Waals surface area contributed by atoms with Crippen LogP contribution in [-0.2, 0) is 0 Å². The van der Waals surface area contributed by atoms with Crippen LogP contribution in [0.2, 0.25) is 0 Å². The fourth-order valence-corrected chi connectivity index (χ4v) is 2.65. The number of benzene rings is 1. The van der Waals surface area contributed by atoms with Crippen LogP contribution in [0.1, 0.15) is 31.1 Å². The van der Waals surface area contributed by atoms with Gasteiger partial charge < -0.3 is 4.98 Å². The number of H-pyrrole nitrogens is 1. The molecular formula is C17H16BrN3O. The number of carbonyl (C=O) groups is 1. The summed E-state index contributed by atoms with van der Waals surface area (Å²) < 4.78 is 0.979. The molecule has 3 aromatic rings. The zero-order valence-corrected chi connectivity index (χ0v) is 14.2. The first-order chi connectivity index (χ1) is 10.4. The lowest BCUT2D eigenvalue weighted by Crippen LogP contribution is -2.20. The Labute approximate surface area is 137 Å². The highest BCUT2D eigenvalue weighted by Gasteiger charge is 2.26. The summed E-state index contributed by atoms with van der Waals surface area (Å²) in [5.74, 6) is 0.0550. The van der Waals surface area contributed by atoms with E-state index < -0.39 is 5.41 Å². The van der Waals surface area contributed by atoms with Gasteiger partial charge in [-0.2, -0.15) is 0 Å². The van der Waals surface area contributed by atoms with E-state index in [1.807, 2.05) is 45.0 Å². The first-order valence-corrected chi connectivity index (χ1v) is 7.80. The number of ketones is 1. The molecule has 2 aromatic heterocycles. The minimum atomic E-state index is -0.456. The summed E-state index contributed by atoms with van der Waals surface area (Å²) in [5, 5.41) is 0. The number of rotatable bonds is 2. The summed E-state index contributed by atoms with van der Waals surface area (Å²) >= 11 is 3.46. The zero-order chi connectivity index (χ0) is 15.9. The van der Waals surface area contributed by atoms with Crippen LogP contribution in [0.25, 0.3) is 22.4 Å². The van der Waals surface area contributed by atoms with Gasteiger partial charge in [-0.05, 0) is 12.1 Å². The van der Waals surface area contributed by atoms with E-state index in [2.05, 4.69) is 30.9 Å². The minimum Gasteiger partial charge on any atom is -0.344 e. The van der Waals surface area contributed by atoms with E-state index in [9.17, 15) is 4.79 Å². The number of hydrogen-bond donors (Lipinski definition) is 1. The lowest BCUT2D eigenvalue weighted by Gasteiger charge is -2.15. The Morgan fingerprint density at radius 1 is 1.27 bits per heavy atom. The fourth-order valence-electron chi connectivity index (χ4n) is 2.26. The van der Waals surface area contributed by atoms with E-state index >= 15 is 0 Å². The van der Waals surface area contributed by atoms with Gasteiger partial charge in [-0.3, -0.25) is 4.79 Å². The molecule has 0 aliphatic heterocycles. The molecule has 0 unspecified atom stereocenters. The predicted octanol–water partition coefficient (Wildman–Crippen LogP) is 4.62. The Balaban J connectivity index is 2.15. The van der Waals surface area contributed by atoms with Crippen molar-refractivity contribution in [1.29, 1.82) is 0 Å². The van der Waals surface area contributed by atoms with Crippen molar-refractivity contribution in [2.75, 3.05) is 0 Å². The van der Waals surface area contributed by atoms with Crippen molar-refractivity contribution in [3.05, 3.63) is 46.7 Å². The molecule has 22 heavy (non-hydrogen) atoms. The SMILES string of the molecule is CC(C)(C)C(=O)c1c[nH]c2ncc(-c3cccc(Br)c3)nc12. The van der Waals surface area contributed by atoms with Gasteiger partial charge in [0.25, 0.3) is 0 Å². The van der Waals surface area contributed by atoms with Gasteiger partial charge in [-0.1, -0.05) is 48.8 Å². The second-order valence-corrected chi connectivity index (χ2v) is 7.16. The molecule has 0 saturated carbocycles. The molecule has 0 fully saturated rings. The second-order valence-electron chi connectivity index (χ2n) is 6.24. The Kier molecular flexibility index (Phi) is 3.60. The molecular weight excluding hydrogens is 342 g/mol. The van der Waals surface area contributed by atoms with Gasteiger partial charge in [0.05, 0.1) is 17.5 Å². The van der Waals surface area contributed by atoms with Crippen LogP contribution >= 0.6 is 15.9 Å². The summed E-state index contributed by atoms with van der Waals surface area (Å²) in [6.07, 6.45) is 3.41. The monoisotopic (exact) mass is 357 g/mol. The van der Waals surface area contributed by atoms with Crippen molar-refractivity contribution in [2.24, 2.45) is 5.41 Å². The molecule has 0 radical (unpaired) electrons. The highest BCUT2D eigenvalue weighted by atomic mass is 79.9. The molecule has 112 valence electrons. The second kappa shape index (κ2) is 5.32. The summed E-state index contributed by atoms with van der Waals surface area (Å²) in [6.45, 7) is 5.71. The molecule has 0 spiro atoms. The van der Waals surface area contributed by atoms with Crippen molar-refractivity contribution < 1.29 is 4.79 Å². The molecule has 0 atom stereocenters. The highest BCUT2D eigenvalue weighted by Crippen LogP contribution is 2.27. The smallest absolute Gasteiger partial charge is 0.171 e. The lowest BCUT2D eigenvalue weighted by atomic mass is 9.87. The van der Waals surface area contributed by atoms with Crippen LogP contribution < -0.4 is 0 Å². The van der Waals surface area contributed by atoms with Crippen LogP contribution in [0.15, 0.2) is 41.1 Å². The molecule has 2 heterocycles. The van der Waals surface area contributed by atoms with Gasteiger partial charge in [-0.25, -0.2) is 9.97 Å². The van der Waals surface area contributed by atoms with Gasteiger partial charge in [0.15, 0.2) is 11.4 Å². The van der Waals surface area contributed by atoms with Crippen molar-refractivity contribution >= 4 is 32.9 Å². The molecule has 0 amide bonds. The summed E-state index contributed by atoms with van der Waals surface area (Å²) in [4.78, 5) is 24.6. The van der Waals surface area contributed by atoms with Gasteiger partial charge in [0, 0.05) is 21.6 Å². The summed E-state index contributed by atoms with van der Waals surface area (Å²) in [6, 6.07) is 7.86. The predicted molar refractivity (Wildman–Crippen MR) is 90.8 cm³/mol. The Morgan fingerprint density at radius 2 is 2.05 bits per heavy atom. The molecule has 0 aliphatic rings. The number of carbonyl (C=O) groups excluding carboxylic acids is 1. The first kappa shape index (κ1) is 14.9. The average Bonchev–Trinajstić information content (AvgIpc) is 2.88. The third kappa shape index (κ3) is 2.68. The van der Waals surface area contributed by atoms with E-state index in [0.29, 0.717) is 16.7 Å². The van der Waals surface area contributed by atoms with Gasteiger partial charge in [-0.15, -0.1) is 0 Å². The van der Waals surface area contributed by atoms with E-state index in [1.54, 1.807) is 12.4 Å². The van der Waals surface area contributed by atoms with Crippen LogP contribution in [0.4, 0.5) is 0 Å². The van der Waals surface area contributed by atoms with E-state index in [1.165, 1.54) is 0 Å².